The number of fused-ring (bicyclic) bond motifs is 17. The van der Waals surface area contributed by atoms with Crippen LogP contribution in [0.1, 0.15) is 0 Å². The molecule has 0 aliphatic heterocycles. The largest absolute Gasteiger partial charge is 0.455 e. The van der Waals surface area contributed by atoms with E-state index in [1.165, 1.54) is 76.1 Å². The second-order valence-electron chi connectivity index (χ2n) is 20.1. The van der Waals surface area contributed by atoms with E-state index in [1.807, 2.05) is 0 Å². The van der Waals surface area contributed by atoms with Crippen LogP contribution >= 0.6 is 0 Å². The molecule has 3 aromatic heterocycles. The Hall–Kier alpha value is -9.96. The molecule has 3 nitrogen and oxygen atoms in total. The minimum Gasteiger partial charge on any atom is -0.455 e. The quantitative estimate of drug-likeness (QED) is 0.165. The van der Waals surface area contributed by atoms with E-state index in [0.717, 1.165) is 98.8 Å². The molecule has 17 rings (SSSR count). The van der Waals surface area contributed by atoms with Gasteiger partial charge in [0.05, 0.1) is 0 Å². The fraction of sp³-hybridized carbons (Fsp3) is 0. The zero-order chi connectivity index (χ0) is 48.9. The molecule has 346 valence electrons. The van der Waals surface area contributed by atoms with Crippen LogP contribution in [0, 0.1) is 0 Å². The van der Waals surface area contributed by atoms with E-state index in [0.29, 0.717) is 0 Å². The highest BCUT2D eigenvalue weighted by atomic mass is 16.3. The van der Waals surface area contributed by atoms with Gasteiger partial charge in [-0.3, -0.25) is 0 Å². The number of benzene rings is 14. The summed E-state index contributed by atoms with van der Waals surface area (Å²) < 4.78 is 20.4. The first-order valence-corrected chi connectivity index (χ1v) is 25.7. The van der Waals surface area contributed by atoms with Gasteiger partial charge in [-0.1, -0.05) is 194 Å². The summed E-state index contributed by atoms with van der Waals surface area (Å²) in [5, 5.41) is 20.8. The van der Waals surface area contributed by atoms with E-state index in [4.69, 9.17) is 13.3 Å². The Morgan fingerprint density at radius 2 is 0.533 bits per heavy atom. The van der Waals surface area contributed by atoms with Crippen molar-refractivity contribution in [3.8, 4) is 44.5 Å². The van der Waals surface area contributed by atoms with Crippen molar-refractivity contribution in [1.82, 2.24) is 0 Å². The Labute approximate surface area is 428 Å². The molecule has 0 aliphatic rings. The van der Waals surface area contributed by atoms with E-state index in [-0.39, 0.29) is 0 Å². The Bertz CT molecular complexity index is 5200. The zero-order valence-corrected chi connectivity index (χ0v) is 40.3. The molecule has 0 N–H and O–H groups in total. The molecule has 17 aromatic rings. The number of furan rings is 3. The molecule has 0 spiro atoms. The van der Waals surface area contributed by atoms with Crippen LogP contribution in [0.2, 0.25) is 0 Å². The maximum atomic E-state index is 7.22. The smallest absolute Gasteiger partial charge is 0.143 e. The predicted molar refractivity (Wildman–Crippen MR) is 315 cm³/mol. The Balaban J connectivity index is 0.841. The molecule has 0 aliphatic carbocycles. The van der Waals surface area contributed by atoms with Crippen LogP contribution in [-0.4, -0.2) is 0 Å². The fourth-order valence-electron chi connectivity index (χ4n) is 13.0. The van der Waals surface area contributed by atoms with E-state index >= 15 is 0 Å². The van der Waals surface area contributed by atoms with Crippen molar-refractivity contribution < 1.29 is 13.3 Å². The van der Waals surface area contributed by atoms with Gasteiger partial charge in [-0.25, -0.2) is 0 Å². The third-order valence-corrected chi connectivity index (χ3v) is 16.2. The fourth-order valence-corrected chi connectivity index (χ4v) is 13.0. The molecule has 0 atom stereocenters. The van der Waals surface area contributed by atoms with Crippen LogP contribution in [0.25, 0.3) is 175 Å². The topological polar surface area (TPSA) is 39.4 Å². The van der Waals surface area contributed by atoms with Crippen molar-refractivity contribution in [2.45, 2.75) is 0 Å². The van der Waals surface area contributed by atoms with Crippen LogP contribution in [0.5, 0.6) is 0 Å². The lowest BCUT2D eigenvalue weighted by Crippen LogP contribution is -1.91. The summed E-state index contributed by atoms with van der Waals surface area (Å²) in [7, 11) is 0. The van der Waals surface area contributed by atoms with Crippen LogP contribution in [-0.2, 0) is 0 Å². The van der Waals surface area contributed by atoms with Crippen molar-refractivity contribution in [2.24, 2.45) is 0 Å². The first-order chi connectivity index (χ1) is 37.2. The van der Waals surface area contributed by atoms with Gasteiger partial charge in [0.25, 0.3) is 0 Å². The molecule has 0 amide bonds. The van der Waals surface area contributed by atoms with Crippen molar-refractivity contribution in [1.29, 1.82) is 0 Å². The first-order valence-electron chi connectivity index (χ1n) is 25.7. The SMILES string of the molecule is c1ccc2c(c1)ccc1c3cc(-c4c5ccccc5c(-c5ccc6c(c5)oc5c(-c7c8ccccc8c(-c8ccc9oc%10c%11ccccc%11ccc%10c9c8)c8ccccc78)cccc56)c5ccccc45)ccc3oc21. The number of hydrogen-bond acceptors (Lipinski definition) is 3. The Morgan fingerprint density at radius 3 is 1.00 bits per heavy atom. The van der Waals surface area contributed by atoms with E-state index in [9.17, 15) is 0 Å². The highest BCUT2D eigenvalue weighted by Gasteiger charge is 2.23. The van der Waals surface area contributed by atoms with Crippen molar-refractivity contribution in [2.75, 3.05) is 0 Å². The van der Waals surface area contributed by atoms with Crippen molar-refractivity contribution in [3.63, 3.8) is 0 Å². The van der Waals surface area contributed by atoms with Crippen LogP contribution in [0.4, 0.5) is 0 Å². The van der Waals surface area contributed by atoms with Gasteiger partial charge in [0.2, 0.25) is 0 Å². The second kappa shape index (κ2) is 15.3. The average Bonchev–Trinajstić information content (AvgIpc) is 4.20. The highest BCUT2D eigenvalue weighted by Crippen LogP contribution is 2.50. The van der Waals surface area contributed by atoms with E-state index in [1.54, 1.807) is 0 Å². The van der Waals surface area contributed by atoms with Crippen molar-refractivity contribution in [3.05, 3.63) is 243 Å². The average molecular weight is 953 g/mol. The van der Waals surface area contributed by atoms with Gasteiger partial charge >= 0.3 is 0 Å². The van der Waals surface area contributed by atoms with E-state index in [2.05, 4.69) is 243 Å². The minimum atomic E-state index is 0.857. The van der Waals surface area contributed by atoms with Gasteiger partial charge < -0.3 is 13.3 Å². The summed E-state index contributed by atoms with van der Waals surface area (Å²) in [5.41, 5.74) is 14.7. The molecule has 0 unspecified atom stereocenters. The standard InChI is InChI=1S/C72H40O3/c1-3-16-46-41(14-1)28-34-58-61-38-43(31-36-63(61)73-70(46)58)66-49-18-5-7-20-51(49)68(52-21-8-6-19-50(52)66)45-30-33-48-57-26-13-27-60(72(57)75-65(48)40-45)69-55-24-11-9-22-53(55)67(54-23-10-12-25-56(54)69)44-32-37-64-62(39-44)59-35-29-42-15-2-4-17-47(42)71(59)74-64/h1-40H. The third kappa shape index (κ3) is 5.75. The molecule has 3 heteroatoms. The summed E-state index contributed by atoms with van der Waals surface area (Å²) in [4.78, 5) is 0. The second-order valence-corrected chi connectivity index (χ2v) is 20.1. The monoisotopic (exact) mass is 952 g/mol. The predicted octanol–water partition coefficient (Wildman–Crippen LogP) is 21.0. The maximum Gasteiger partial charge on any atom is 0.143 e. The summed E-state index contributed by atoms with van der Waals surface area (Å²) in [6, 6.07) is 88.0. The lowest BCUT2D eigenvalue weighted by atomic mass is 9.85. The van der Waals surface area contributed by atoms with Crippen molar-refractivity contribution >= 4 is 130 Å². The van der Waals surface area contributed by atoms with Gasteiger partial charge in [0, 0.05) is 54.2 Å². The molecule has 75 heavy (non-hydrogen) atoms. The lowest BCUT2D eigenvalue weighted by Gasteiger charge is -2.18. The molecule has 0 saturated heterocycles. The van der Waals surface area contributed by atoms with Crippen LogP contribution in [0.3, 0.4) is 0 Å². The molecular formula is C72H40O3. The molecule has 0 bridgehead atoms. The first kappa shape index (κ1) is 40.6. The summed E-state index contributed by atoms with van der Waals surface area (Å²) in [6.45, 7) is 0. The summed E-state index contributed by atoms with van der Waals surface area (Å²) in [5.74, 6) is 0. The maximum absolute atomic E-state index is 7.22. The van der Waals surface area contributed by atoms with Gasteiger partial charge in [-0.05, 0) is 136 Å². The summed E-state index contributed by atoms with van der Waals surface area (Å²) >= 11 is 0. The van der Waals surface area contributed by atoms with Gasteiger partial charge in [-0.15, -0.1) is 0 Å². The van der Waals surface area contributed by atoms with Gasteiger partial charge in [0.15, 0.2) is 0 Å². The molecular weight excluding hydrogens is 913 g/mol. The zero-order valence-electron chi connectivity index (χ0n) is 40.3. The van der Waals surface area contributed by atoms with Gasteiger partial charge in [-0.2, -0.15) is 0 Å². The molecule has 14 aromatic carbocycles. The minimum absolute atomic E-state index is 0.857. The highest BCUT2D eigenvalue weighted by molar-refractivity contribution is 6.27. The molecule has 0 fully saturated rings. The molecule has 3 heterocycles. The summed E-state index contributed by atoms with van der Waals surface area (Å²) in [6.07, 6.45) is 0. The van der Waals surface area contributed by atoms with E-state index < -0.39 is 0 Å². The number of para-hydroxylation sites is 1. The molecule has 0 radical (unpaired) electrons. The third-order valence-electron chi connectivity index (χ3n) is 16.2. The van der Waals surface area contributed by atoms with Crippen LogP contribution in [0.15, 0.2) is 256 Å². The normalized spacial score (nSPS) is 12.3. The van der Waals surface area contributed by atoms with Gasteiger partial charge in [0.1, 0.15) is 33.5 Å². The lowest BCUT2D eigenvalue weighted by molar-refractivity contribution is 0.670. The molecule has 0 saturated carbocycles. The Kier molecular flexibility index (Phi) is 8.28. The number of hydrogen-bond donors (Lipinski definition) is 0. The Morgan fingerprint density at radius 1 is 0.187 bits per heavy atom. The van der Waals surface area contributed by atoms with Crippen LogP contribution < -0.4 is 0 Å². The number of rotatable bonds is 4.